The normalized spacial score (nSPS) is 21.8. The summed E-state index contributed by atoms with van der Waals surface area (Å²) in [4.78, 5) is 5.13. The lowest BCUT2D eigenvalue weighted by atomic mass is 10.1. The molecule has 15 heavy (non-hydrogen) atoms. The molecule has 1 heterocycles. The van der Waals surface area contributed by atoms with Crippen LogP contribution in [0.3, 0.4) is 0 Å². The van der Waals surface area contributed by atoms with Gasteiger partial charge in [-0.1, -0.05) is 20.3 Å². The van der Waals surface area contributed by atoms with E-state index in [2.05, 4.69) is 36.0 Å². The summed E-state index contributed by atoms with van der Waals surface area (Å²) in [7, 11) is 2.09. The molecule has 1 unspecified atom stereocenters. The molecule has 0 bridgehead atoms. The van der Waals surface area contributed by atoms with E-state index >= 15 is 0 Å². The summed E-state index contributed by atoms with van der Waals surface area (Å²) in [6, 6.07) is 0.683. The van der Waals surface area contributed by atoms with Crippen LogP contribution in [0.1, 0.15) is 26.7 Å². The Hall–Kier alpha value is -0.120. The molecule has 1 N–H and O–H groups in total. The number of nitrogens with one attached hydrogen (secondary N) is 1. The molecule has 3 nitrogen and oxygen atoms in total. The van der Waals surface area contributed by atoms with E-state index in [0.29, 0.717) is 6.04 Å². The number of hydrogen-bond donors (Lipinski definition) is 1. The van der Waals surface area contributed by atoms with Crippen LogP contribution in [0.2, 0.25) is 0 Å². The van der Waals surface area contributed by atoms with E-state index in [4.69, 9.17) is 0 Å². The maximum atomic E-state index is 3.42. The fraction of sp³-hybridized carbons (Fsp3) is 1.00. The Morgan fingerprint density at radius 1 is 1.07 bits per heavy atom. The first-order valence-corrected chi connectivity index (χ1v) is 6.42. The van der Waals surface area contributed by atoms with E-state index in [1.807, 2.05) is 0 Å². The second-order valence-corrected chi connectivity index (χ2v) is 4.51. The van der Waals surface area contributed by atoms with E-state index in [1.165, 1.54) is 52.1 Å². The molecular formula is C12H27N3. The lowest BCUT2D eigenvalue weighted by Gasteiger charge is -2.35. The van der Waals surface area contributed by atoms with Gasteiger partial charge in [0.05, 0.1) is 0 Å². The Balaban J connectivity index is 2.21. The van der Waals surface area contributed by atoms with Gasteiger partial charge in [-0.25, -0.2) is 0 Å². The zero-order chi connectivity index (χ0) is 11.1. The fourth-order valence-corrected chi connectivity index (χ4v) is 2.28. The van der Waals surface area contributed by atoms with Crippen LogP contribution < -0.4 is 5.32 Å². The van der Waals surface area contributed by atoms with Crippen LogP contribution in [0.25, 0.3) is 0 Å². The standard InChI is InChI=1S/C12H27N3/c1-4-6-12(13-3)11-15-9-7-14(5-2)8-10-15/h12-13H,4-11H2,1-3H3. The highest BCUT2D eigenvalue weighted by Gasteiger charge is 2.17. The summed E-state index contributed by atoms with van der Waals surface area (Å²) in [5, 5.41) is 3.42. The highest BCUT2D eigenvalue weighted by Crippen LogP contribution is 2.04. The van der Waals surface area contributed by atoms with E-state index in [-0.39, 0.29) is 0 Å². The minimum atomic E-state index is 0.683. The number of hydrogen-bond acceptors (Lipinski definition) is 3. The second-order valence-electron chi connectivity index (χ2n) is 4.51. The topological polar surface area (TPSA) is 18.5 Å². The molecule has 0 aliphatic carbocycles. The molecule has 0 aromatic rings. The van der Waals surface area contributed by atoms with E-state index in [0.717, 1.165) is 0 Å². The van der Waals surface area contributed by atoms with Gasteiger partial charge < -0.3 is 10.2 Å². The number of rotatable bonds is 6. The van der Waals surface area contributed by atoms with Crippen molar-refractivity contribution in [3.63, 3.8) is 0 Å². The van der Waals surface area contributed by atoms with Crippen molar-refractivity contribution in [1.29, 1.82) is 0 Å². The second kappa shape index (κ2) is 7.20. The fourth-order valence-electron chi connectivity index (χ4n) is 2.28. The molecule has 1 atom stereocenters. The Morgan fingerprint density at radius 3 is 2.13 bits per heavy atom. The molecule has 1 aliphatic rings. The van der Waals surface area contributed by atoms with Gasteiger partial charge in [0.25, 0.3) is 0 Å². The largest absolute Gasteiger partial charge is 0.316 e. The van der Waals surface area contributed by atoms with Gasteiger partial charge >= 0.3 is 0 Å². The van der Waals surface area contributed by atoms with Crippen molar-refractivity contribution in [2.45, 2.75) is 32.7 Å². The molecule has 1 aliphatic heterocycles. The lowest BCUT2D eigenvalue weighted by molar-refractivity contribution is 0.127. The first-order valence-electron chi connectivity index (χ1n) is 6.42. The predicted octanol–water partition coefficient (Wildman–Crippen LogP) is 1.01. The van der Waals surface area contributed by atoms with Crippen LogP contribution >= 0.6 is 0 Å². The number of likely N-dealkylation sites (N-methyl/N-ethyl adjacent to an activating group) is 2. The Morgan fingerprint density at radius 2 is 1.67 bits per heavy atom. The Labute approximate surface area is 94.8 Å². The molecule has 1 rings (SSSR count). The van der Waals surface area contributed by atoms with Gasteiger partial charge in [0.15, 0.2) is 0 Å². The summed E-state index contributed by atoms with van der Waals surface area (Å²) < 4.78 is 0. The number of nitrogens with zero attached hydrogens (tertiary/aromatic N) is 2. The minimum absolute atomic E-state index is 0.683. The zero-order valence-electron chi connectivity index (χ0n) is 10.6. The monoisotopic (exact) mass is 213 g/mol. The molecule has 1 fully saturated rings. The van der Waals surface area contributed by atoms with Gasteiger partial charge in [-0.05, 0) is 20.0 Å². The molecule has 0 aromatic carbocycles. The maximum Gasteiger partial charge on any atom is 0.0191 e. The molecule has 0 spiro atoms. The van der Waals surface area contributed by atoms with Crippen molar-refractivity contribution in [3.8, 4) is 0 Å². The quantitative estimate of drug-likeness (QED) is 0.710. The van der Waals surface area contributed by atoms with Gasteiger partial charge in [-0.2, -0.15) is 0 Å². The van der Waals surface area contributed by atoms with Gasteiger partial charge in [-0.15, -0.1) is 0 Å². The van der Waals surface area contributed by atoms with Crippen LogP contribution in [0.4, 0.5) is 0 Å². The average Bonchev–Trinajstić information content (AvgIpc) is 2.29. The molecule has 90 valence electrons. The Kier molecular flexibility index (Phi) is 6.22. The van der Waals surface area contributed by atoms with E-state index in [9.17, 15) is 0 Å². The summed E-state index contributed by atoms with van der Waals surface area (Å²) in [5.41, 5.74) is 0. The molecular weight excluding hydrogens is 186 g/mol. The third-order valence-corrected chi connectivity index (χ3v) is 3.44. The van der Waals surface area contributed by atoms with Crippen molar-refractivity contribution in [1.82, 2.24) is 15.1 Å². The lowest BCUT2D eigenvalue weighted by Crippen LogP contribution is -2.50. The first-order chi connectivity index (χ1) is 7.30. The summed E-state index contributed by atoms with van der Waals surface area (Å²) >= 11 is 0. The zero-order valence-corrected chi connectivity index (χ0v) is 10.6. The van der Waals surface area contributed by atoms with Crippen LogP contribution in [0.15, 0.2) is 0 Å². The van der Waals surface area contributed by atoms with Crippen LogP contribution in [0, 0.1) is 0 Å². The summed E-state index contributed by atoms with van der Waals surface area (Å²) in [5.74, 6) is 0. The van der Waals surface area contributed by atoms with Crippen molar-refractivity contribution in [3.05, 3.63) is 0 Å². The van der Waals surface area contributed by atoms with Crippen molar-refractivity contribution in [2.24, 2.45) is 0 Å². The SMILES string of the molecule is CCCC(CN1CCN(CC)CC1)NC. The maximum absolute atomic E-state index is 3.42. The van der Waals surface area contributed by atoms with Gasteiger partial charge in [-0.3, -0.25) is 4.90 Å². The van der Waals surface area contributed by atoms with Crippen LogP contribution in [-0.2, 0) is 0 Å². The highest BCUT2D eigenvalue weighted by atomic mass is 15.3. The van der Waals surface area contributed by atoms with Crippen molar-refractivity contribution >= 4 is 0 Å². The highest BCUT2D eigenvalue weighted by molar-refractivity contribution is 4.76. The van der Waals surface area contributed by atoms with E-state index < -0.39 is 0 Å². The summed E-state index contributed by atoms with van der Waals surface area (Å²) in [6.07, 6.45) is 2.57. The molecule has 1 saturated heterocycles. The van der Waals surface area contributed by atoms with Gasteiger partial charge in [0.2, 0.25) is 0 Å². The molecule has 0 saturated carbocycles. The van der Waals surface area contributed by atoms with Crippen molar-refractivity contribution < 1.29 is 0 Å². The Bertz CT molecular complexity index is 153. The van der Waals surface area contributed by atoms with Gasteiger partial charge in [0, 0.05) is 38.8 Å². The van der Waals surface area contributed by atoms with Crippen LogP contribution in [0.5, 0.6) is 0 Å². The van der Waals surface area contributed by atoms with Crippen LogP contribution in [-0.4, -0.2) is 62.2 Å². The minimum Gasteiger partial charge on any atom is -0.316 e. The number of piperazine rings is 1. The summed E-state index contributed by atoms with van der Waals surface area (Å²) in [6.45, 7) is 11.9. The van der Waals surface area contributed by atoms with E-state index in [1.54, 1.807) is 0 Å². The molecule has 3 heteroatoms. The van der Waals surface area contributed by atoms with Crippen molar-refractivity contribution in [2.75, 3.05) is 46.3 Å². The molecule has 0 aromatic heterocycles. The third kappa shape index (κ3) is 4.49. The first kappa shape index (κ1) is 12.9. The molecule has 0 amide bonds. The predicted molar refractivity (Wildman–Crippen MR) is 66.3 cm³/mol. The van der Waals surface area contributed by atoms with Gasteiger partial charge in [0.1, 0.15) is 0 Å². The smallest absolute Gasteiger partial charge is 0.0191 e. The average molecular weight is 213 g/mol. The molecule has 0 radical (unpaired) electrons. The third-order valence-electron chi connectivity index (χ3n) is 3.44.